The molecule has 0 unspecified atom stereocenters. The van der Waals surface area contributed by atoms with Crippen molar-refractivity contribution in [2.24, 2.45) is 0 Å². The van der Waals surface area contributed by atoms with Crippen molar-refractivity contribution in [1.82, 2.24) is 19.9 Å². The summed E-state index contributed by atoms with van der Waals surface area (Å²) in [5.74, 6) is 1.02. The Morgan fingerprint density at radius 1 is 1.27 bits per heavy atom. The molecule has 0 amide bonds. The van der Waals surface area contributed by atoms with Crippen molar-refractivity contribution in [3.05, 3.63) is 36.7 Å². The molecule has 6 heteroatoms. The predicted octanol–water partition coefficient (Wildman–Crippen LogP) is 0.461. The lowest BCUT2D eigenvalue weighted by molar-refractivity contribution is 0.992. The average Bonchev–Trinajstić information content (AvgIpc) is 2.28. The third-order valence-corrected chi connectivity index (χ3v) is 1.75. The van der Waals surface area contributed by atoms with Gasteiger partial charge in [0.1, 0.15) is 18.0 Å². The van der Waals surface area contributed by atoms with Crippen molar-refractivity contribution in [2.45, 2.75) is 6.54 Å². The van der Waals surface area contributed by atoms with Crippen LogP contribution in [0.5, 0.6) is 0 Å². The third-order valence-electron chi connectivity index (χ3n) is 1.75. The number of nitrogen functional groups attached to an aromatic ring is 1. The molecule has 15 heavy (non-hydrogen) atoms. The van der Waals surface area contributed by atoms with Crippen molar-refractivity contribution in [3.63, 3.8) is 0 Å². The summed E-state index contributed by atoms with van der Waals surface area (Å²) in [6.07, 6.45) is 6.30. The van der Waals surface area contributed by atoms with Crippen LogP contribution >= 0.6 is 0 Å². The van der Waals surface area contributed by atoms with E-state index in [0.717, 1.165) is 5.69 Å². The van der Waals surface area contributed by atoms with Gasteiger partial charge in [0, 0.05) is 6.20 Å². The van der Waals surface area contributed by atoms with E-state index in [-0.39, 0.29) is 0 Å². The van der Waals surface area contributed by atoms with Crippen LogP contribution in [0.25, 0.3) is 0 Å². The number of nitrogens with one attached hydrogen (secondary N) is 1. The lowest BCUT2D eigenvalue weighted by Crippen LogP contribution is -2.04. The van der Waals surface area contributed by atoms with Gasteiger partial charge in [0.2, 0.25) is 0 Å². The highest BCUT2D eigenvalue weighted by atomic mass is 15.0. The highest BCUT2D eigenvalue weighted by Crippen LogP contribution is 2.04. The van der Waals surface area contributed by atoms with Crippen LogP contribution < -0.4 is 11.1 Å². The van der Waals surface area contributed by atoms with Crippen LogP contribution in [0.2, 0.25) is 0 Å². The topological polar surface area (TPSA) is 89.6 Å². The van der Waals surface area contributed by atoms with E-state index in [4.69, 9.17) is 5.73 Å². The van der Waals surface area contributed by atoms with Gasteiger partial charge in [-0.15, -0.1) is 0 Å². The molecule has 0 saturated heterocycles. The van der Waals surface area contributed by atoms with Gasteiger partial charge in [-0.25, -0.2) is 15.0 Å². The van der Waals surface area contributed by atoms with Gasteiger partial charge in [-0.05, 0) is 6.07 Å². The molecule has 0 aliphatic heterocycles. The summed E-state index contributed by atoms with van der Waals surface area (Å²) in [7, 11) is 0. The Bertz CT molecular complexity index is 430. The minimum absolute atomic E-state index is 0.391. The lowest BCUT2D eigenvalue weighted by Gasteiger charge is -2.04. The summed E-state index contributed by atoms with van der Waals surface area (Å²) in [6.45, 7) is 0.570. The molecule has 3 N–H and O–H groups in total. The van der Waals surface area contributed by atoms with Crippen LogP contribution in [0.4, 0.5) is 11.6 Å². The maximum Gasteiger partial charge on any atom is 0.147 e. The molecule has 2 aromatic rings. The molecule has 2 heterocycles. The summed E-state index contributed by atoms with van der Waals surface area (Å²) >= 11 is 0. The van der Waals surface area contributed by atoms with Crippen LogP contribution in [0.3, 0.4) is 0 Å². The normalized spacial score (nSPS) is 9.87. The molecule has 2 rings (SSSR count). The summed E-state index contributed by atoms with van der Waals surface area (Å²) in [5.41, 5.74) is 6.37. The van der Waals surface area contributed by atoms with Crippen molar-refractivity contribution >= 4 is 11.6 Å². The second-order valence-electron chi connectivity index (χ2n) is 2.88. The Labute approximate surface area is 86.6 Å². The van der Waals surface area contributed by atoms with E-state index in [0.29, 0.717) is 18.2 Å². The van der Waals surface area contributed by atoms with Crippen LogP contribution in [-0.2, 0) is 6.54 Å². The number of anilines is 2. The first-order valence-electron chi connectivity index (χ1n) is 4.41. The highest BCUT2D eigenvalue weighted by molar-refractivity contribution is 5.38. The SMILES string of the molecule is Nc1cncc(NCc2ccncn2)n1. The van der Waals surface area contributed by atoms with E-state index >= 15 is 0 Å². The zero-order valence-electron chi connectivity index (χ0n) is 7.96. The number of rotatable bonds is 3. The number of hydrogen-bond acceptors (Lipinski definition) is 6. The Morgan fingerprint density at radius 3 is 2.93 bits per heavy atom. The zero-order chi connectivity index (χ0) is 10.5. The van der Waals surface area contributed by atoms with E-state index in [1.165, 1.54) is 12.5 Å². The molecule has 0 radical (unpaired) electrons. The molecule has 0 aromatic carbocycles. The largest absolute Gasteiger partial charge is 0.382 e. The molecular weight excluding hydrogens is 192 g/mol. The quantitative estimate of drug-likeness (QED) is 0.751. The summed E-state index contributed by atoms with van der Waals surface area (Å²) in [6, 6.07) is 1.83. The average molecular weight is 202 g/mol. The van der Waals surface area contributed by atoms with Crippen LogP contribution in [0.15, 0.2) is 31.0 Å². The molecule has 0 fully saturated rings. The van der Waals surface area contributed by atoms with Crippen molar-refractivity contribution in [3.8, 4) is 0 Å². The number of aromatic nitrogens is 4. The highest BCUT2D eigenvalue weighted by Gasteiger charge is 1.96. The van der Waals surface area contributed by atoms with Crippen molar-refractivity contribution in [1.29, 1.82) is 0 Å². The molecule has 0 aliphatic carbocycles. The zero-order valence-corrected chi connectivity index (χ0v) is 7.96. The van der Waals surface area contributed by atoms with Gasteiger partial charge in [-0.2, -0.15) is 0 Å². The van der Waals surface area contributed by atoms with Gasteiger partial charge in [-0.1, -0.05) is 0 Å². The van der Waals surface area contributed by atoms with Gasteiger partial charge in [0.05, 0.1) is 24.6 Å². The first-order valence-corrected chi connectivity index (χ1v) is 4.41. The first-order chi connectivity index (χ1) is 7.34. The van der Waals surface area contributed by atoms with Gasteiger partial charge < -0.3 is 11.1 Å². The first kappa shape index (κ1) is 9.32. The summed E-state index contributed by atoms with van der Waals surface area (Å²) in [4.78, 5) is 15.9. The minimum Gasteiger partial charge on any atom is -0.382 e. The fraction of sp³-hybridized carbons (Fsp3) is 0.111. The predicted molar refractivity (Wildman–Crippen MR) is 55.8 cm³/mol. The number of hydrogen-bond donors (Lipinski definition) is 2. The number of nitrogens with zero attached hydrogens (tertiary/aromatic N) is 4. The maximum atomic E-state index is 5.49. The fourth-order valence-corrected chi connectivity index (χ4v) is 1.07. The fourth-order valence-electron chi connectivity index (χ4n) is 1.07. The summed E-state index contributed by atoms with van der Waals surface area (Å²) in [5, 5.41) is 3.06. The second-order valence-corrected chi connectivity index (χ2v) is 2.88. The van der Waals surface area contributed by atoms with E-state index in [1.54, 1.807) is 12.4 Å². The van der Waals surface area contributed by atoms with Gasteiger partial charge >= 0.3 is 0 Å². The number of nitrogens with two attached hydrogens (primary N) is 1. The van der Waals surface area contributed by atoms with Crippen LogP contribution in [0.1, 0.15) is 5.69 Å². The van der Waals surface area contributed by atoms with Gasteiger partial charge in [0.25, 0.3) is 0 Å². The Kier molecular flexibility index (Phi) is 2.68. The standard InChI is InChI=1S/C9H10N6/c10-8-4-12-5-9(15-8)13-3-7-1-2-11-6-14-7/h1-2,4-6H,3H2,(H3,10,13,15). The van der Waals surface area contributed by atoms with Gasteiger partial charge in [0.15, 0.2) is 0 Å². The minimum atomic E-state index is 0.391. The van der Waals surface area contributed by atoms with Crippen molar-refractivity contribution in [2.75, 3.05) is 11.1 Å². The monoisotopic (exact) mass is 202 g/mol. The smallest absolute Gasteiger partial charge is 0.147 e. The Balaban J connectivity index is 1.99. The molecule has 0 atom stereocenters. The van der Waals surface area contributed by atoms with E-state index < -0.39 is 0 Å². The Morgan fingerprint density at radius 2 is 2.20 bits per heavy atom. The summed E-state index contributed by atoms with van der Waals surface area (Å²) < 4.78 is 0. The van der Waals surface area contributed by atoms with Crippen molar-refractivity contribution < 1.29 is 0 Å². The van der Waals surface area contributed by atoms with E-state index in [2.05, 4.69) is 25.3 Å². The molecule has 6 nitrogen and oxygen atoms in total. The molecule has 0 aliphatic rings. The Hall–Kier alpha value is -2.24. The molecule has 0 saturated carbocycles. The lowest BCUT2D eigenvalue weighted by atomic mass is 10.4. The van der Waals surface area contributed by atoms with Crippen LogP contribution in [-0.4, -0.2) is 19.9 Å². The molecule has 2 aromatic heterocycles. The van der Waals surface area contributed by atoms with Crippen LogP contribution in [0, 0.1) is 0 Å². The maximum absolute atomic E-state index is 5.49. The molecule has 0 bridgehead atoms. The molecule has 0 spiro atoms. The third kappa shape index (κ3) is 2.60. The molecule has 76 valence electrons. The van der Waals surface area contributed by atoms with E-state index in [9.17, 15) is 0 Å². The second kappa shape index (κ2) is 4.32. The van der Waals surface area contributed by atoms with E-state index in [1.807, 2.05) is 6.07 Å². The van der Waals surface area contributed by atoms with Gasteiger partial charge in [-0.3, -0.25) is 4.98 Å². The molecular formula is C9H10N6.